The number of carbonyl (C=O) groups excluding carboxylic acids is 3. The lowest BCUT2D eigenvalue weighted by Gasteiger charge is -2.18. The summed E-state index contributed by atoms with van der Waals surface area (Å²) in [5, 5.41) is 5.60. The SMILES string of the molecule is C=C1c2ccccc2C(=O)N1CC(=O)Nc1ccccc1C(=O)NCc1ccc2c(c1)OCO2. The molecule has 2 heterocycles. The Hall–Kier alpha value is -4.59. The predicted octanol–water partition coefficient (Wildman–Crippen LogP) is 3.41. The lowest BCUT2D eigenvalue weighted by atomic mass is 10.1. The number of rotatable bonds is 6. The molecule has 5 rings (SSSR count). The number of carbonyl (C=O) groups is 3. The minimum absolute atomic E-state index is 0.181. The van der Waals surface area contributed by atoms with Crippen molar-refractivity contribution in [2.24, 2.45) is 0 Å². The summed E-state index contributed by atoms with van der Waals surface area (Å²) in [6.45, 7) is 4.20. The molecule has 0 spiro atoms. The van der Waals surface area contributed by atoms with Crippen LogP contribution in [0.4, 0.5) is 5.69 Å². The Morgan fingerprint density at radius 1 is 0.941 bits per heavy atom. The third kappa shape index (κ3) is 3.97. The highest BCUT2D eigenvalue weighted by molar-refractivity contribution is 6.11. The summed E-state index contributed by atoms with van der Waals surface area (Å²) in [5.74, 6) is 0.261. The Balaban J connectivity index is 1.24. The zero-order valence-corrected chi connectivity index (χ0v) is 18.2. The lowest BCUT2D eigenvalue weighted by Crippen LogP contribution is -2.33. The van der Waals surface area contributed by atoms with Crippen LogP contribution in [0.15, 0.2) is 73.3 Å². The summed E-state index contributed by atoms with van der Waals surface area (Å²) < 4.78 is 10.7. The van der Waals surface area contributed by atoms with E-state index >= 15 is 0 Å². The van der Waals surface area contributed by atoms with Gasteiger partial charge < -0.3 is 20.1 Å². The van der Waals surface area contributed by atoms with E-state index in [-0.39, 0.29) is 31.7 Å². The van der Waals surface area contributed by atoms with Gasteiger partial charge in [-0.05, 0) is 35.9 Å². The fourth-order valence-corrected chi connectivity index (χ4v) is 3.95. The van der Waals surface area contributed by atoms with Crippen LogP contribution in [0.2, 0.25) is 0 Å². The molecule has 3 amide bonds. The van der Waals surface area contributed by atoms with Gasteiger partial charge in [0.1, 0.15) is 6.54 Å². The molecular formula is C26H21N3O5. The molecule has 0 bridgehead atoms. The molecule has 3 aromatic rings. The Kier molecular flexibility index (Phi) is 5.47. The van der Waals surface area contributed by atoms with Crippen molar-refractivity contribution >= 4 is 29.1 Å². The predicted molar refractivity (Wildman–Crippen MR) is 125 cm³/mol. The van der Waals surface area contributed by atoms with Crippen LogP contribution in [0.5, 0.6) is 11.5 Å². The molecule has 0 unspecified atom stereocenters. The summed E-state index contributed by atoms with van der Waals surface area (Å²) >= 11 is 0. The molecule has 2 aliphatic rings. The second-order valence-electron chi connectivity index (χ2n) is 7.85. The molecule has 8 heteroatoms. The number of amides is 3. The van der Waals surface area contributed by atoms with Gasteiger partial charge in [0, 0.05) is 23.4 Å². The molecule has 2 aliphatic heterocycles. The third-order valence-electron chi connectivity index (χ3n) is 5.68. The molecular weight excluding hydrogens is 434 g/mol. The maximum atomic E-state index is 12.9. The molecule has 34 heavy (non-hydrogen) atoms. The number of nitrogens with zero attached hydrogens (tertiary/aromatic N) is 1. The summed E-state index contributed by atoms with van der Waals surface area (Å²) in [4.78, 5) is 39.6. The normalized spacial score (nSPS) is 13.6. The summed E-state index contributed by atoms with van der Waals surface area (Å²) in [6.07, 6.45) is 0. The standard InChI is InChI=1S/C26H21N3O5/c1-16-18-6-2-3-7-19(18)26(32)29(16)14-24(30)28-21-9-5-4-8-20(21)25(31)27-13-17-10-11-22-23(12-17)34-15-33-22/h2-12H,1,13-15H2,(H,27,31)(H,28,30). The number of hydrogen-bond donors (Lipinski definition) is 2. The molecule has 0 radical (unpaired) electrons. The van der Waals surface area contributed by atoms with Crippen LogP contribution in [-0.2, 0) is 11.3 Å². The summed E-state index contributed by atoms with van der Waals surface area (Å²) in [5.41, 5.74) is 3.22. The van der Waals surface area contributed by atoms with Crippen molar-refractivity contribution < 1.29 is 23.9 Å². The fourth-order valence-electron chi connectivity index (χ4n) is 3.95. The average Bonchev–Trinajstić information content (AvgIpc) is 3.41. The lowest BCUT2D eigenvalue weighted by molar-refractivity contribution is -0.116. The molecule has 0 atom stereocenters. The van der Waals surface area contributed by atoms with E-state index in [2.05, 4.69) is 17.2 Å². The van der Waals surface area contributed by atoms with Gasteiger partial charge in [-0.2, -0.15) is 0 Å². The number of anilines is 1. The number of benzene rings is 3. The van der Waals surface area contributed by atoms with Crippen molar-refractivity contribution in [3.05, 3.63) is 95.6 Å². The quantitative estimate of drug-likeness (QED) is 0.594. The van der Waals surface area contributed by atoms with E-state index in [0.717, 1.165) is 5.56 Å². The molecule has 0 saturated carbocycles. The smallest absolute Gasteiger partial charge is 0.259 e. The van der Waals surface area contributed by atoms with Gasteiger partial charge in [-0.25, -0.2) is 0 Å². The maximum absolute atomic E-state index is 12.9. The van der Waals surface area contributed by atoms with E-state index in [4.69, 9.17) is 9.47 Å². The molecule has 2 N–H and O–H groups in total. The van der Waals surface area contributed by atoms with Crippen molar-refractivity contribution in [1.82, 2.24) is 10.2 Å². The van der Waals surface area contributed by atoms with Crippen molar-refractivity contribution in [2.75, 3.05) is 18.7 Å². The van der Waals surface area contributed by atoms with E-state index < -0.39 is 5.91 Å². The zero-order valence-electron chi connectivity index (χ0n) is 18.2. The van der Waals surface area contributed by atoms with Gasteiger partial charge in [-0.1, -0.05) is 43.0 Å². The minimum Gasteiger partial charge on any atom is -0.454 e. The molecule has 0 aliphatic carbocycles. The minimum atomic E-state index is -0.432. The van der Waals surface area contributed by atoms with Gasteiger partial charge in [-0.15, -0.1) is 0 Å². The monoisotopic (exact) mass is 455 g/mol. The van der Waals surface area contributed by atoms with E-state index in [1.165, 1.54) is 4.90 Å². The maximum Gasteiger partial charge on any atom is 0.259 e. The summed E-state index contributed by atoms with van der Waals surface area (Å²) in [6, 6.07) is 19.3. The highest BCUT2D eigenvalue weighted by Gasteiger charge is 2.32. The molecule has 3 aromatic carbocycles. The van der Waals surface area contributed by atoms with Crippen molar-refractivity contribution in [2.45, 2.75) is 6.54 Å². The highest BCUT2D eigenvalue weighted by atomic mass is 16.7. The summed E-state index contributed by atoms with van der Waals surface area (Å²) in [7, 11) is 0. The zero-order chi connectivity index (χ0) is 23.7. The second-order valence-corrected chi connectivity index (χ2v) is 7.85. The average molecular weight is 455 g/mol. The van der Waals surface area contributed by atoms with Gasteiger partial charge >= 0.3 is 0 Å². The Morgan fingerprint density at radius 2 is 1.68 bits per heavy atom. The fraction of sp³-hybridized carbons (Fsp3) is 0.115. The molecule has 8 nitrogen and oxygen atoms in total. The van der Waals surface area contributed by atoms with Crippen molar-refractivity contribution in [3.8, 4) is 11.5 Å². The van der Waals surface area contributed by atoms with Gasteiger partial charge in [0.2, 0.25) is 12.7 Å². The van der Waals surface area contributed by atoms with E-state index in [1.54, 1.807) is 48.5 Å². The van der Waals surface area contributed by atoms with Crippen molar-refractivity contribution in [1.29, 1.82) is 0 Å². The molecule has 0 fully saturated rings. The van der Waals surface area contributed by atoms with Crippen LogP contribution in [0.3, 0.4) is 0 Å². The van der Waals surface area contributed by atoms with Gasteiger partial charge in [0.15, 0.2) is 11.5 Å². The number of fused-ring (bicyclic) bond motifs is 2. The van der Waals surface area contributed by atoms with Crippen LogP contribution in [0, 0.1) is 0 Å². The number of hydrogen-bond acceptors (Lipinski definition) is 5. The largest absolute Gasteiger partial charge is 0.454 e. The van der Waals surface area contributed by atoms with Crippen LogP contribution in [-0.4, -0.2) is 36.0 Å². The number of ether oxygens (including phenoxy) is 2. The van der Waals surface area contributed by atoms with Crippen LogP contribution < -0.4 is 20.1 Å². The van der Waals surface area contributed by atoms with Crippen molar-refractivity contribution in [3.63, 3.8) is 0 Å². The first kappa shape index (κ1) is 21.3. The number of para-hydroxylation sites is 1. The van der Waals surface area contributed by atoms with Crippen LogP contribution in [0.25, 0.3) is 5.70 Å². The van der Waals surface area contributed by atoms with E-state index in [9.17, 15) is 14.4 Å². The topological polar surface area (TPSA) is 97.0 Å². The molecule has 170 valence electrons. The van der Waals surface area contributed by atoms with Gasteiger partial charge in [-0.3, -0.25) is 19.3 Å². The first-order valence-electron chi connectivity index (χ1n) is 10.7. The Labute approximate surface area is 195 Å². The second kappa shape index (κ2) is 8.74. The van der Waals surface area contributed by atoms with Crippen LogP contribution >= 0.6 is 0 Å². The highest BCUT2D eigenvalue weighted by Crippen LogP contribution is 2.33. The van der Waals surface area contributed by atoms with Gasteiger partial charge in [0.25, 0.3) is 11.8 Å². The van der Waals surface area contributed by atoms with E-state index in [1.807, 2.05) is 18.2 Å². The number of nitrogens with one attached hydrogen (secondary N) is 2. The first-order chi connectivity index (χ1) is 16.5. The Morgan fingerprint density at radius 3 is 2.50 bits per heavy atom. The first-order valence-corrected chi connectivity index (χ1v) is 10.7. The third-order valence-corrected chi connectivity index (χ3v) is 5.68. The Bertz CT molecular complexity index is 1300. The molecule has 0 aromatic heterocycles. The molecule has 0 saturated heterocycles. The van der Waals surface area contributed by atoms with Crippen LogP contribution in [0.1, 0.15) is 31.8 Å². The van der Waals surface area contributed by atoms with Gasteiger partial charge in [0.05, 0.1) is 11.3 Å². The van der Waals surface area contributed by atoms with E-state index in [0.29, 0.717) is 39.6 Å².